The van der Waals surface area contributed by atoms with Gasteiger partial charge in [-0.25, -0.2) is 9.97 Å². The van der Waals surface area contributed by atoms with Crippen molar-refractivity contribution < 1.29 is 9.53 Å². The van der Waals surface area contributed by atoms with Crippen LogP contribution >= 0.6 is 0 Å². The first-order chi connectivity index (χ1) is 16.1. The Hall–Kier alpha value is -3.41. The van der Waals surface area contributed by atoms with Crippen molar-refractivity contribution in [3.05, 3.63) is 71.4 Å². The number of fused-ring (bicyclic) bond motifs is 1. The maximum absolute atomic E-state index is 13.3. The van der Waals surface area contributed by atoms with Crippen LogP contribution in [0.1, 0.15) is 41.4 Å². The number of aromatic nitrogens is 2. The van der Waals surface area contributed by atoms with Gasteiger partial charge in [0.1, 0.15) is 11.6 Å². The van der Waals surface area contributed by atoms with Crippen LogP contribution < -0.4 is 9.64 Å². The molecule has 3 aromatic rings. The second kappa shape index (κ2) is 9.22. The molecule has 170 valence electrons. The average molecular weight is 443 g/mol. The van der Waals surface area contributed by atoms with E-state index in [9.17, 15) is 4.79 Å². The molecule has 6 nitrogen and oxygen atoms in total. The zero-order chi connectivity index (χ0) is 22.8. The van der Waals surface area contributed by atoms with Gasteiger partial charge in [0.15, 0.2) is 5.82 Å². The van der Waals surface area contributed by atoms with Gasteiger partial charge in [-0.3, -0.25) is 4.79 Å². The van der Waals surface area contributed by atoms with E-state index in [0.717, 1.165) is 72.5 Å². The smallest absolute Gasteiger partial charge is 0.254 e. The molecule has 0 spiro atoms. The summed E-state index contributed by atoms with van der Waals surface area (Å²) in [5.74, 6) is 3.30. The minimum absolute atomic E-state index is 0.0358. The summed E-state index contributed by atoms with van der Waals surface area (Å²) in [6.45, 7) is 5.49. The van der Waals surface area contributed by atoms with Crippen molar-refractivity contribution in [2.75, 3.05) is 31.6 Å². The van der Waals surface area contributed by atoms with Crippen molar-refractivity contribution in [1.29, 1.82) is 0 Å². The average Bonchev–Trinajstić information content (AvgIpc) is 2.88. The molecule has 1 saturated heterocycles. The molecule has 0 radical (unpaired) electrons. The Balaban J connectivity index is 1.48. The predicted octanol–water partition coefficient (Wildman–Crippen LogP) is 4.59. The van der Waals surface area contributed by atoms with Gasteiger partial charge in [0.05, 0.1) is 19.3 Å². The summed E-state index contributed by atoms with van der Waals surface area (Å²) in [6.07, 6.45) is 3.05. The highest BCUT2D eigenvalue weighted by Gasteiger charge is 2.29. The topological polar surface area (TPSA) is 58.6 Å². The zero-order valence-corrected chi connectivity index (χ0v) is 19.3. The molecule has 2 aliphatic heterocycles. The summed E-state index contributed by atoms with van der Waals surface area (Å²) >= 11 is 0. The van der Waals surface area contributed by atoms with Gasteiger partial charge in [-0.15, -0.1) is 0 Å². The van der Waals surface area contributed by atoms with Gasteiger partial charge >= 0.3 is 0 Å². The van der Waals surface area contributed by atoms with Crippen LogP contribution in [0.2, 0.25) is 0 Å². The van der Waals surface area contributed by atoms with Crippen LogP contribution in [0, 0.1) is 5.92 Å². The van der Waals surface area contributed by atoms with Crippen molar-refractivity contribution in [3.63, 3.8) is 0 Å². The van der Waals surface area contributed by atoms with E-state index in [-0.39, 0.29) is 5.91 Å². The van der Waals surface area contributed by atoms with Gasteiger partial charge in [0.2, 0.25) is 0 Å². The molecule has 3 heterocycles. The fraction of sp³-hybridized carbons (Fsp3) is 0.370. The quantitative estimate of drug-likeness (QED) is 0.592. The number of amides is 1. The number of hydrogen-bond acceptors (Lipinski definition) is 5. The van der Waals surface area contributed by atoms with Crippen molar-refractivity contribution in [2.24, 2.45) is 5.92 Å². The molecule has 0 atom stereocenters. The first-order valence-corrected chi connectivity index (χ1v) is 11.8. The number of ether oxygens (including phenoxy) is 1. The molecule has 1 aromatic heterocycles. The SMILES string of the molecule is COc1ccc(C(=O)N2CCc3nc(-c4ccccc4)nc(N4CCC(C)CC4)c3C2)cc1. The molecular formula is C27H30N4O2. The van der Waals surface area contributed by atoms with Gasteiger partial charge in [-0.1, -0.05) is 37.3 Å². The lowest BCUT2D eigenvalue weighted by Gasteiger charge is -2.36. The second-order valence-corrected chi connectivity index (χ2v) is 9.04. The maximum atomic E-state index is 13.3. The fourth-order valence-corrected chi connectivity index (χ4v) is 4.68. The number of methoxy groups -OCH3 is 1. The monoisotopic (exact) mass is 442 g/mol. The molecule has 0 saturated carbocycles. The third-order valence-corrected chi connectivity index (χ3v) is 6.78. The third-order valence-electron chi connectivity index (χ3n) is 6.78. The van der Waals surface area contributed by atoms with Gasteiger partial charge in [-0.05, 0) is 43.0 Å². The van der Waals surface area contributed by atoms with Crippen LogP contribution in [0.3, 0.4) is 0 Å². The number of rotatable bonds is 4. The van der Waals surface area contributed by atoms with E-state index in [1.165, 1.54) is 0 Å². The fourth-order valence-electron chi connectivity index (χ4n) is 4.68. The van der Waals surface area contributed by atoms with E-state index in [1.807, 2.05) is 47.4 Å². The Labute approximate surface area is 195 Å². The normalized spacial score (nSPS) is 16.4. The number of hydrogen-bond donors (Lipinski definition) is 0. The van der Waals surface area contributed by atoms with E-state index >= 15 is 0 Å². The molecule has 1 fully saturated rings. The highest BCUT2D eigenvalue weighted by molar-refractivity contribution is 5.94. The van der Waals surface area contributed by atoms with E-state index in [1.54, 1.807) is 7.11 Å². The van der Waals surface area contributed by atoms with Crippen molar-refractivity contribution in [3.8, 4) is 17.1 Å². The Morgan fingerprint density at radius 2 is 1.70 bits per heavy atom. The van der Waals surface area contributed by atoms with Gasteiger partial charge in [0, 0.05) is 42.7 Å². The summed E-state index contributed by atoms with van der Waals surface area (Å²) < 4.78 is 5.23. The number of benzene rings is 2. The van der Waals surface area contributed by atoms with Crippen LogP contribution in [-0.4, -0.2) is 47.5 Å². The Morgan fingerprint density at radius 1 is 0.970 bits per heavy atom. The summed E-state index contributed by atoms with van der Waals surface area (Å²) in [5, 5.41) is 0. The highest BCUT2D eigenvalue weighted by Crippen LogP contribution is 2.32. The lowest BCUT2D eigenvalue weighted by molar-refractivity contribution is 0.0733. The Bertz CT molecular complexity index is 1120. The van der Waals surface area contributed by atoms with Crippen LogP contribution in [0.25, 0.3) is 11.4 Å². The van der Waals surface area contributed by atoms with Crippen molar-refractivity contribution >= 4 is 11.7 Å². The van der Waals surface area contributed by atoms with E-state index < -0.39 is 0 Å². The van der Waals surface area contributed by atoms with E-state index in [0.29, 0.717) is 18.7 Å². The maximum Gasteiger partial charge on any atom is 0.254 e. The van der Waals surface area contributed by atoms with Crippen molar-refractivity contribution in [1.82, 2.24) is 14.9 Å². The third kappa shape index (κ3) is 4.42. The highest BCUT2D eigenvalue weighted by atomic mass is 16.5. The molecule has 1 amide bonds. The van der Waals surface area contributed by atoms with Crippen LogP contribution in [0.15, 0.2) is 54.6 Å². The van der Waals surface area contributed by atoms with Crippen molar-refractivity contribution in [2.45, 2.75) is 32.7 Å². The second-order valence-electron chi connectivity index (χ2n) is 9.04. The Kier molecular flexibility index (Phi) is 5.99. The number of carbonyl (C=O) groups is 1. The molecule has 6 heteroatoms. The first kappa shape index (κ1) is 21.4. The number of carbonyl (C=O) groups excluding carboxylic acids is 1. The van der Waals surface area contributed by atoms with E-state index in [4.69, 9.17) is 14.7 Å². The summed E-state index contributed by atoms with van der Waals surface area (Å²) in [6, 6.07) is 17.5. The zero-order valence-electron chi connectivity index (χ0n) is 19.3. The Morgan fingerprint density at radius 3 is 2.39 bits per heavy atom. The molecule has 2 aliphatic rings. The van der Waals surface area contributed by atoms with Crippen LogP contribution in [0.4, 0.5) is 5.82 Å². The number of piperidine rings is 1. The van der Waals surface area contributed by atoms with Crippen LogP contribution in [0.5, 0.6) is 5.75 Å². The van der Waals surface area contributed by atoms with E-state index in [2.05, 4.69) is 24.0 Å². The predicted molar refractivity (Wildman–Crippen MR) is 130 cm³/mol. The standard InChI is InChI=1S/C27H30N4O2/c1-19-12-15-30(16-13-19)26-23-18-31(27(32)21-8-10-22(33-2)11-9-21)17-14-24(23)28-25(29-26)20-6-4-3-5-7-20/h3-11,19H,12-18H2,1-2H3. The lowest BCUT2D eigenvalue weighted by atomic mass is 9.97. The summed E-state index contributed by atoms with van der Waals surface area (Å²) in [7, 11) is 1.63. The first-order valence-electron chi connectivity index (χ1n) is 11.8. The molecule has 0 unspecified atom stereocenters. The molecule has 0 N–H and O–H groups in total. The van der Waals surface area contributed by atoms with Crippen LogP contribution in [-0.2, 0) is 13.0 Å². The van der Waals surface area contributed by atoms with Gasteiger partial charge in [0.25, 0.3) is 5.91 Å². The molecule has 0 aliphatic carbocycles. The molecular weight excluding hydrogens is 412 g/mol. The summed E-state index contributed by atoms with van der Waals surface area (Å²) in [4.78, 5) is 27.6. The number of nitrogens with zero attached hydrogens (tertiary/aromatic N) is 4. The summed E-state index contributed by atoms with van der Waals surface area (Å²) in [5.41, 5.74) is 3.87. The molecule has 0 bridgehead atoms. The van der Waals surface area contributed by atoms with Gasteiger partial charge in [-0.2, -0.15) is 0 Å². The largest absolute Gasteiger partial charge is 0.497 e. The lowest BCUT2D eigenvalue weighted by Crippen LogP contribution is -2.40. The molecule has 5 rings (SSSR count). The molecule has 33 heavy (non-hydrogen) atoms. The number of anilines is 1. The minimum Gasteiger partial charge on any atom is -0.497 e. The molecule has 2 aromatic carbocycles. The van der Waals surface area contributed by atoms with Gasteiger partial charge < -0.3 is 14.5 Å². The minimum atomic E-state index is 0.0358.